The molecular formula is C23H19F3N6O3. The normalized spacial score (nSPS) is 14.6. The van der Waals surface area contributed by atoms with Gasteiger partial charge in [-0.25, -0.2) is 27.9 Å². The zero-order valence-electron chi connectivity index (χ0n) is 18.4. The monoisotopic (exact) mass is 484 g/mol. The number of hydrogen-bond acceptors (Lipinski definition) is 7. The number of aromatic nitrogens is 5. The molecule has 0 unspecified atom stereocenters. The Labute approximate surface area is 196 Å². The first-order valence-corrected chi connectivity index (χ1v) is 10.5. The molecule has 4 heterocycles. The summed E-state index contributed by atoms with van der Waals surface area (Å²) in [5, 5.41) is 13.8. The van der Waals surface area contributed by atoms with Crippen LogP contribution in [-0.2, 0) is 6.54 Å². The fraction of sp³-hybridized carbons (Fsp3) is 0.217. The molecular weight excluding hydrogens is 465 g/mol. The van der Waals surface area contributed by atoms with E-state index in [0.717, 1.165) is 33.8 Å². The van der Waals surface area contributed by atoms with E-state index in [2.05, 4.69) is 15.1 Å². The molecule has 0 amide bonds. The second-order valence-electron chi connectivity index (χ2n) is 8.44. The molecule has 1 saturated heterocycles. The van der Waals surface area contributed by atoms with E-state index < -0.39 is 28.7 Å². The van der Waals surface area contributed by atoms with Crippen LogP contribution in [0.15, 0.2) is 59.9 Å². The molecule has 1 aliphatic rings. The van der Waals surface area contributed by atoms with Gasteiger partial charge in [-0.05, 0) is 25.1 Å². The first-order valence-electron chi connectivity index (χ1n) is 10.5. The maximum atomic E-state index is 14.8. The van der Waals surface area contributed by atoms with Crippen LogP contribution >= 0.6 is 0 Å². The van der Waals surface area contributed by atoms with Gasteiger partial charge in [-0.1, -0.05) is 6.07 Å². The van der Waals surface area contributed by atoms with Crippen molar-refractivity contribution in [3.8, 4) is 17.3 Å². The molecule has 1 aliphatic heterocycles. The Morgan fingerprint density at radius 2 is 1.83 bits per heavy atom. The van der Waals surface area contributed by atoms with Crippen molar-refractivity contribution in [3.05, 3.63) is 88.6 Å². The summed E-state index contributed by atoms with van der Waals surface area (Å²) in [6, 6.07) is 7.54. The third-order valence-corrected chi connectivity index (χ3v) is 5.48. The molecule has 12 heteroatoms. The number of benzene rings is 1. The Morgan fingerprint density at radius 1 is 1.09 bits per heavy atom. The number of hydrogen-bond donors (Lipinski definition) is 1. The number of ether oxygens (including phenoxy) is 1. The van der Waals surface area contributed by atoms with E-state index in [1.165, 1.54) is 24.5 Å². The van der Waals surface area contributed by atoms with Gasteiger partial charge in [0.15, 0.2) is 5.82 Å². The highest BCUT2D eigenvalue weighted by Gasteiger charge is 2.37. The number of nitrogens with zero attached hydrogens (tertiary/aromatic N) is 6. The molecule has 0 bridgehead atoms. The quantitative estimate of drug-likeness (QED) is 0.449. The van der Waals surface area contributed by atoms with Gasteiger partial charge in [-0.2, -0.15) is 9.78 Å². The van der Waals surface area contributed by atoms with Gasteiger partial charge in [0.05, 0.1) is 24.0 Å². The number of pyridine rings is 2. The van der Waals surface area contributed by atoms with Crippen LogP contribution in [0, 0.1) is 17.5 Å². The van der Waals surface area contributed by atoms with E-state index in [9.17, 15) is 23.1 Å². The van der Waals surface area contributed by atoms with Crippen molar-refractivity contribution in [2.75, 3.05) is 18.0 Å². The second-order valence-corrected chi connectivity index (χ2v) is 8.44. The number of anilines is 1. The van der Waals surface area contributed by atoms with Crippen LogP contribution in [0.3, 0.4) is 0 Å². The van der Waals surface area contributed by atoms with Gasteiger partial charge in [0.2, 0.25) is 0 Å². The summed E-state index contributed by atoms with van der Waals surface area (Å²) < 4.78 is 50.0. The fourth-order valence-corrected chi connectivity index (χ4v) is 3.77. The van der Waals surface area contributed by atoms with Crippen LogP contribution < -0.4 is 15.3 Å². The minimum Gasteiger partial charge on any atom is -0.436 e. The van der Waals surface area contributed by atoms with E-state index >= 15 is 0 Å². The molecule has 1 aromatic carbocycles. The minimum absolute atomic E-state index is 0.00540. The minimum atomic E-state index is -0.852. The average Bonchev–Trinajstić information content (AvgIpc) is 3.16. The Kier molecular flexibility index (Phi) is 5.52. The van der Waals surface area contributed by atoms with Crippen LogP contribution in [-0.4, -0.2) is 48.1 Å². The van der Waals surface area contributed by atoms with E-state index in [1.807, 2.05) is 4.90 Å². The summed E-state index contributed by atoms with van der Waals surface area (Å²) in [4.78, 5) is 22.7. The zero-order chi connectivity index (χ0) is 24.7. The molecule has 0 atom stereocenters. The molecule has 5 rings (SSSR count). The average molecular weight is 484 g/mol. The van der Waals surface area contributed by atoms with Crippen LogP contribution in [0.5, 0.6) is 11.6 Å². The largest absolute Gasteiger partial charge is 0.436 e. The van der Waals surface area contributed by atoms with E-state index in [-0.39, 0.29) is 29.4 Å². The molecule has 180 valence electrons. The highest BCUT2D eigenvalue weighted by Crippen LogP contribution is 2.30. The molecule has 0 aliphatic carbocycles. The van der Waals surface area contributed by atoms with Gasteiger partial charge in [-0.15, -0.1) is 0 Å². The molecule has 35 heavy (non-hydrogen) atoms. The topological polar surface area (TPSA) is 98.3 Å². The van der Waals surface area contributed by atoms with Crippen molar-refractivity contribution in [3.63, 3.8) is 0 Å². The van der Waals surface area contributed by atoms with Crippen molar-refractivity contribution in [2.24, 2.45) is 0 Å². The Hall–Kier alpha value is -4.19. The molecule has 3 aromatic heterocycles. The van der Waals surface area contributed by atoms with Crippen LogP contribution in [0.4, 0.5) is 19.0 Å². The van der Waals surface area contributed by atoms with Gasteiger partial charge < -0.3 is 14.7 Å². The van der Waals surface area contributed by atoms with Crippen molar-refractivity contribution >= 4 is 5.82 Å². The van der Waals surface area contributed by atoms with Gasteiger partial charge in [0.1, 0.15) is 29.5 Å². The third-order valence-electron chi connectivity index (χ3n) is 5.48. The lowest BCUT2D eigenvalue weighted by Crippen LogP contribution is -2.60. The van der Waals surface area contributed by atoms with Crippen molar-refractivity contribution in [1.29, 1.82) is 0 Å². The number of aliphatic hydroxyl groups is 1. The SMILES string of the molecule is CC1(O)CN(c2cc(Oc3ncc(-n4ncn(Cc5c(F)cccc5F)c4=O)cc3F)ccn2)C1. The summed E-state index contributed by atoms with van der Waals surface area (Å²) in [6.45, 7) is 2.16. The lowest BCUT2D eigenvalue weighted by atomic mass is 9.97. The predicted molar refractivity (Wildman–Crippen MR) is 118 cm³/mol. The van der Waals surface area contributed by atoms with Crippen LogP contribution in [0.2, 0.25) is 0 Å². The van der Waals surface area contributed by atoms with Crippen molar-refractivity contribution < 1.29 is 23.0 Å². The Balaban J connectivity index is 1.34. The Bertz CT molecular complexity index is 1440. The lowest BCUT2D eigenvalue weighted by Gasteiger charge is -2.44. The Morgan fingerprint density at radius 3 is 2.51 bits per heavy atom. The summed E-state index contributed by atoms with van der Waals surface area (Å²) in [6.07, 6.45) is 3.78. The van der Waals surface area contributed by atoms with E-state index in [4.69, 9.17) is 4.74 Å². The lowest BCUT2D eigenvalue weighted by molar-refractivity contribution is 0.0305. The molecule has 0 radical (unpaired) electrons. The van der Waals surface area contributed by atoms with Crippen LogP contribution in [0.25, 0.3) is 5.69 Å². The highest BCUT2D eigenvalue weighted by molar-refractivity contribution is 5.48. The summed E-state index contributed by atoms with van der Waals surface area (Å²) in [5.41, 5.74) is -1.80. The maximum absolute atomic E-state index is 14.8. The first-order chi connectivity index (χ1) is 16.7. The number of β-amino-alcohol motifs (C(OH)–C–C–N with tert-alkyl or cyclic N) is 1. The van der Waals surface area contributed by atoms with Gasteiger partial charge in [-0.3, -0.25) is 4.57 Å². The fourth-order valence-electron chi connectivity index (χ4n) is 3.77. The summed E-state index contributed by atoms with van der Waals surface area (Å²) in [5.74, 6) is -1.92. The van der Waals surface area contributed by atoms with Gasteiger partial charge >= 0.3 is 5.69 Å². The maximum Gasteiger partial charge on any atom is 0.350 e. The number of halogens is 3. The second kappa shape index (κ2) is 8.55. The molecule has 1 fully saturated rings. The highest BCUT2D eigenvalue weighted by atomic mass is 19.1. The summed E-state index contributed by atoms with van der Waals surface area (Å²) in [7, 11) is 0. The van der Waals surface area contributed by atoms with E-state index in [1.54, 1.807) is 13.0 Å². The van der Waals surface area contributed by atoms with Crippen molar-refractivity contribution in [2.45, 2.75) is 19.1 Å². The first kappa shape index (κ1) is 22.6. The molecule has 1 N–H and O–H groups in total. The standard InChI is InChI=1S/C23H19F3N6O3/c1-23(34)11-31(12-23)20-8-15(5-6-27-20)35-21-19(26)7-14(9-28-21)32-22(33)30(13-29-32)10-16-17(24)3-2-4-18(16)25/h2-9,13,34H,10-12H2,1H3. The van der Waals surface area contributed by atoms with Gasteiger partial charge in [0.25, 0.3) is 5.88 Å². The molecule has 9 nitrogen and oxygen atoms in total. The third kappa shape index (κ3) is 4.47. The molecule has 0 spiro atoms. The predicted octanol–water partition coefficient (Wildman–Crippen LogP) is 2.65. The van der Waals surface area contributed by atoms with Crippen LogP contribution in [0.1, 0.15) is 12.5 Å². The summed E-state index contributed by atoms with van der Waals surface area (Å²) >= 11 is 0. The smallest absolute Gasteiger partial charge is 0.350 e. The number of rotatable bonds is 6. The molecule has 4 aromatic rings. The van der Waals surface area contributed by atoms with Gasteiger partial charge in [0, 0.05) is 37.0 Å². The zero-order valence-corrected chi connectivity index (χ0v) is 18.4. The molecule has 0 saturated carbocycles. The van der Waals surface area contributed by atoms with Crippen molar-refractivity contribution in [1.82, 2.24) is 24.3 Å². The van der Waals surface area contributed by atoms with E-state index in [0.29, 0.717) is 18.9 Å².